The highest BCUT2D eigenvalue weighted by atomic mass is 35.5. The van der Waals surface area contributed by atoms with Crippen LogP contribution >= 0.6 is 23.1 Å². The Hall–Kier alpha value is -3.16. The summed E-state index contributed by atoms with van der Waals surface area (Å²) >= 11 is 7.90. The van der Waals surface area contributed by atoms with E-state index >= 15 is 4.39 Å². The van der Waals surface area contributed by atoms with Crippen molar-refractivity contribution >= 4 is 55.7 Å². The zero-order valence-electron chi connectivity index (χ0n) is 17.5. The summed E-state index contributed by atoms with van der Waals surface area (Å²) in [4.78, 5) is 15.7. The SMILES string of the molecule is C=CC(=O)N1CC2(C1)CN(c1snc3c(F)c(-c4cc(O)cc5ccccc45)c(Cl)cc13)C2. The summed E-state index contributed by atoms with van der Waals surface area (Å²) < 4.78 is 20.2. The highest BCUT2D eigenvalue weighted by Gasteiger charge is 2.53. The van der Waals surface area contributed by atoms with Crippen molar-refractivity contribution in [1.82, 2.24) is 9.27 Å². The summed E-state index contributed by atoms with van der Waals surface area (Å²) in [5, 5.41) is 13.7. The third kappa shape index (κ3) is 3.03. The molecule has 2 saturated heterocycles. The Labute approximate surface area is 198 Å². The van der Waals surface area contributed by atoms with Crippen LogP contribution in [0.4, 0.5) is 9.39 Å². The van der Waals surface area contributed by atoms with Gasteiger partial charge in [-0.15, -0.1) is 0 Å². The van der Waals surface area contributed by atoms with Crippen LogP contribution in [0.5, 0.6) is 5.75 Å². The van der Waals surface area contributed by atoms with Gasteiger partial charge >= 0.3 is 0 Å². The number of amides is 1. The van der Waals surface area contributed by atoms with E-state index in [9.17, 15) is 9.90 Å². The van der Waals surface area contributed by atoms with Crippen molar-refractivity contribution < 1.29 is 14.3 Å². The summed E-state index contributed by atoms with van der Waals surface area (Å²) in [6.45, 7) is 6.57. The lowest BCUT2D eigenvalue weighted by Crippen LogP contribution is -2.72. The smallest absolute Gasteiger partial charge is 0.245 e. The second-order valence-corrected chi connectivity index (χ2v) is 10.1. The molecule has 0 bridgehead atoms. The van der Waals surface area contributed by atoms with Gasteiger partial charge in [-0.2, -0.15) is 4.37 Å². The standard InChI is InChI=1S/C25H19ClFN3O2S/c1-2-20(32)29-10-25(11-29)12-30(13-25)24-18-9-19(26)21(22(27)23(18)28-33-24)17-8-15(31)7-14-5-3-4-6-16(14)17/h2-9,31H,1,10-13H2. The van der Waals surface area contributed by atoms with Gasteiger partial charge in [0.15, 0.2) is 5.82 Å². The molecule has 0 radical (unpaired) electrons. The van der Waals surface area contributed by atoms with Crippen molar-refractivity contribution in [3.05, 3.63) is 66.0 Å². The predicted molar refractivity (Wildman–Crippen MR) is 131 cm³/mol. The van der Waals surface area contributed by atoms with Crippen LogP contribution in [0, 0.1) is 11.2 Å². The molecule has 5 nitrogen and oxygen atoms in total. The summed E-state index contributed by atoms with van der Waals surface area (Å²) in [5.74, 6) is -0.478. The number of fused-ring (bicyclic) bond motifs is 2. The molecule has 3 heterocycles. The minimum absolute atomic E-state index is 0.0387. The van der Waals surface area contributed by atoms with Gasteiger partial charge in [-0.1, -0.05) is 42.4 Å². The molecule has 6 rings (SSSR count). The highest BCUT2D eigenvalue weighted by molar-refractivity contribution is 7.11. The van der Waals surface area contributed by atoms with Crippen LogP contribution in [0.2, 0.25) is 5.02 Å². The van der Waals surface area contributed by atoms with Gasteiger partial charge in [-0.05, 0) is 52.1 Å². The van der Waals surface area contributed by atoms with Gasteiger partial charge in [0.1, 0.15) is 16.3 Å². The number of aromatic hydroxyl groups is 1. The van der Waals surface area contributed by atoms with E-state index in [4.69, 9.17) is 11.6 Å². The molecule has 1 spiro atoms. The molecule has 4 aromatic rings. The molecule has 2 aliphatic heterocycles. The lowest BCUT2D eigenvalue weighted by atomic mass is 9.73. The van der Waals surface area contributed by atoms with E-state index < -0.39 is 5.82 Å². The van der Waals surface area contributed by atoms with Crippen molar-refractivity contribution in [2.75, 3.05) is 31.1 Å². The number of anilines is 1. The molecule has 166 valence electrons. The topological polar surface area (TPSA) is 56.7 Å². The minimum Gasteiger partial charge on any atom is -0.508 e. The molecular weight excluding hydrogens is 461 g/mol. The third-order valence-electron chi connectivity index (χ3n) is 6.64. The lowest BCUT2D eigenvalue weighted by molar-refractivity contribution is -0.139. The van der Waals surface area contributed by atoms with Gasteiger partial charge in [0.2, 0.25) is 5.91 Å². The van der Waals surface area contributed by atoms with Crippen molar-refractivity contribution in [2.24, 2.45) is 5.41 Å². The molecule has 33 heavy (non-hydrogen) atoms. The van der Waals surface area contributed by atoms with Crippen LogP contribution in [0.25, 0.3) is 32.8 Å². The number of carbonyl (C=O) groups is 1. The van der Waals surface area contributed by atoms with Gasteiger partial charge in [0.25, 0.3) is 0 Å². The number of hydrogen-bond donors (Lipinski definition) is 1. The number of hydrogen-bond acceptors (Lipinski definition) is 5. The van der Waals surface area contributed by atoms with Gasteiger partial charge in [0, 0.05) is 42.5 Å². The highest BCUT2D eigenvalue weighted by Crippen LogP contribution is 2.48. The number of rotatable bonds is 3. The molecule has 1 amide bonds. The normalized spacial score (nSPS) is 16.8. The molecule has 0 unspecified atom stereocenters. The maximum atomic E-state index is 15.8. The number of phenolic OH excluding ortho intramolecular Hbond substituents is 1. The van der Waals surface area contributed by atoms with E-state index in [0.29, 0.717) is 10.9 Å². The summed E-state index contributed by atoms with van der Waals surface area (Å²) in [6, 6.07) is 12.5. The summed E-state index contributed by atoms with van der Waals surface area (Å²) in [7, 11) is 0. The van der Waals surface area contributed by atoms with E-state index in [-0.39, 0.29) is 33.2 Å². The van der Waals surface area contributed by atoms with Crippen LogP contribution in [0.15, 0.2) is 55.1 Å². The van der Waals surface area contributed by atoms with Gasteiger partial charge in [0.05, 0.1) is 5.02 Å². The summed E-state index contributed by atoms with van der Waals surface area (Å²) in [5.41, 5.74) is 1.15. The van der Waals surface area contributed by atoms with Gasteiger partial charge in [-0.25, -0.2) is 4.39 Å². The van der Waals surface area contributed by atoms with Crippen molar-refractivity contribution in [1.29, 1.82) is 0 Å². The molecule has 1 N–H and O–H groups in total. The van der Waals surface area contributed by atoms with Crippen LogP contribution in [-0.2, 0) is 4.79 Å². The molecule has 2 aliphatic rings. The van der Waals surface area contributed by atoms with Crippen molar-refractivity contribution in [2.45, 2.75) is 0 Å². The van der Waals surface area contributed by atoms with Gasteiger partial charge in [-0.3, -0.25) is 4.79 Å². The Bertz CT molecular complexity index is 1470. The van der Waals surface area contributed by atoms with E-state index in [0.717, 1.165) is 42.0 Å². The van der Waals surface area contributed by atoms with Crippen molar-refractivity contribution in [3.8, 4) is 16.9 Å². The minimum atomic E-state index is -0.489. The van der Waals surface area contributed by atoms with E-state index in [1.807, 2.05) is 24.3 Å². The zero-order valence-corrected chi connectivity index (χ0v) is 19.1. The Morgan fingerprint density at radius 2 is 1.94 bits per heavy atom. The fourth-order valence-electron chi connectivity index (χ4n) is 5.13. The molecule has 8 heteroatoms. The molecule has 0 aliphatic carbocycles. The van der Waals surface area contributed by atoms with Gasteiger partial charge < -0.3 is 14.9 Å². The molecule has 1 aromatic heterocycles. The van der Waals surface area contributed by atoms with E-state index in [2.05, 4.69) is 15.9 Å². The quantitative estimate of drug-likeness (QED) is 0.397. The number of phenols is 1. The maximum absolute atomic E-state index is 15.8. The van der Waals surface area contributed by atoms with E-state index in [1.165, 1.54) is 23.7 Å². The molecule has 2 fully saturated rings. The fraction of sp³-hybridized carbons (Fsp3) is 0.200. The second-order valence-electron chi connectivity index (χ2n) is 8.90. The number of aromatic nitrogens is 1. The number of nitrogens with zero attached hydrogens (tertiary/aromatic N) is 3. The number of likely N-dealkylation sites (tertiary alicyclic amines) is 1. The average molecular weight is 480 g/mol. The first-order valence-electron chi connectivity index (χ1n) is 10.5. The Kier molecular flexibility index (Phi) is 4.44. The maximum Gasteiger partial charge on any atom is 0.245 e. The van der Waals surface area contributed by atoms with Crippen molar-refractivity contribution in [3.63, 3.8) is 0 Å². The molecular formula is C25H19ClFN3O2S. The van der Waals surface area contributed by atoms with E-state index in [1.54, 1.807) is 17.0 Å². The Balaban J connectivity index is 1.37. The lowest BCUT2D eigenvalue weighted by Gasteiger charge is -2.60. The molecule has 0 atom stereocenters. The second kappa shape index (κ2) is 7.17. The number of halogens is 2. The monoisotopic (exact) mass is 479 g/mol. The number of carbonyl (C=O) groups excluding carboxylic acids is 1. The number of benzene rings is 3. The first kappa shape index (κ1) is 20.4. The summed E-state index contributed by atoms with van der Waals surface area (Å²) in [6.07, 6.45) is 1.35. The zero-order chi connectivity index (χ0) is 22.9. The fourth-order valence-corrected chi connectivity index (χ4v) is 6.28. The van der Waals surface area contributed by atoms with Crippen LogP contribution < -0.4 is 4.90 Å². The predicted octanol–water partition coefficient (Wildman–Crippen LogP) is 5.45. The Morgan fingerprint density at radius 3 is 2.70 bits per heavy atom. The van der Waals surface area contributed by atoms with Crippen LogP contribution in [-0.4, -0.2) is 46.5 Å². The first-order valence-corrected chi connectivity index (χ1v) is 11.7. The van der Waals surface area contributed by atoms with Crippen LogP contribution in [0.3, 0.4) is 0 Å². The average Bonchev–Trinajstić information content (AvgIpc) is 3.15. The first-order chi connectivity index (χ1) is 15.9. The molecule has 3 aromatic carbocycles. The molecule has 0 saturated carbocycles. The largest absolute Gasteiger partial charge is 0.508 e. The third-order valence-corrected chi connectivity index (χ3v) is 7.86. The Morgan fingerprint density at radius 1 is 1.18 bits per heavy atom. The van der Waals surface area contributed by atoms with Crippen LogP contribution in [0.1, 0.15) is 0 Å².